The number of ether oxygens (including phenoxy) is 2. The van der Waals surface area contributed by atoms with Crippen LogP contribution < -0.4 is 14.8 Å². The van der Waals surface area contributed by atoms with Crippen molar-refractivity contribution >= 4 is 16.9 Å². The Labute approximate surface area is 223 Å². The van der Waals surface area contributed by atoms with E-state index in [2.05, 4.69) is 36.2 Å². The number of para-hydroxylation sites is 1. The molecule has 0 saturated carbocycles. The molecule has 1 N–H and O–H groups in total. The molecule has 7 heteroatoms. The lowest BCUT2D eigenvalue weighted by atomic mass is 10.0. The number of methoxy groups -OCH3 is 1. The van der Waals surface area contributed by atoms with E-state index in [4.69, 9.17) is 19.4 Å². The highest BCUT2D eigenvalue weighted by Gasteiger charge is 2.21. The number of anilines is 1. The molecule has 5 rings (SSSR count). The lowest BCUT2D eigenvalue weighted by Crippen LogP contribution is -2.39. The second-order valence-electron chi connectivity index (χ2n) is 10.3. The number of benzene rings is 3. The number of likely N-dealkylation sites (tertiary alicyclic amines) is 1. The largest absolute Gasteiger partial charge is 0.493 e. The van der Waals surface area contributed by atoms with E-state index in [1.54, 1.807) is 19.2 Å². The molecule has 0 radical (unpaired) electrons. The molecule has 3 aromatic carbocycles. The fraction of sp³-hybridized carbons (Fsp3) is 0.355. The number of aromatic nitrogens is 2. The molecule has 38 heavy (non-hydrogen) atoms. The van der Waals surface area contributed by atoms with Crippen LogP contribution in [-0.2, 0) is 6.54 Å². The van der Waals surface area contributed by atoms with Crippen molar-refractivity contribution in [3.8, 4) is 22.8 Å². The summed E-state index contributed by atoms with van der Waals surface area (Å²) in [6, 6.07) is 21.0. The topological polar surface area (TPSA) is 59.5 Å². The van der Waals surface area contributed by atoms with Gasteiger partial charge in [0.05, 0.1) is 24.9 Å². The standard InChI is InChI=1S/C31H35FN4O2/c1-21(2)20-38-29-18-22(12-13-28(29)37-3)19-36-16-14-23(15-17-36)33-31-34-27-11-7-5-9-25(27)30(35-31)24-8-4-6-10-26(24)32/h4-13,18,21,23H,14-17,19-20H2,1-3H3,(H,33,34,35). The van der Waals surface area contributed by atoms with Gasteiger partial charge >= 0.3 is 0 Å². The fourth-order valence-electron chi connectivity index (χ4n) is 4.86. The number of piperidine rings is 1. The number of hydrogen-bond acceptors (Lipinski definition) is 6. The van der Waals surface area contributed by atoms with Crippen LogP contribution in [0, 0.1) is 11.7 Å². The van der Waals surface area contributed by atoms with Crippen molar-refractivity contribution in [1.29, 1.82) is 0 Å². The molecule has 4 aromatic rings. The molecule has 0 amide bonds. The molecule has 1 aromatic heterocycles. The first-order valence-electron chi connectivity index (χ1n) is 13.3. The number of nitrogens with one attached hydrogen (secondary N) is 1. The van der Waals surface area contributed by atoms with Gasteiger partial charge in [-0.3, -0.25) is 4.90 Å². The lowest BCUT2D eigenvalue weighted by molar-refractivity contribution is 0.210. The van der Waals surface area contributed by atoms with Gasteiger partial charge in [-0.2, -0.15) is 0 Å². The maximum absolute atomic E-state index is 14.7. The van der Waals surface area contributed by atoms with Crippen LogP contribution in [-0.4, -0.2) is 47.7 Å². The smallest absolute Gasteiger partial charge is 0.224 e. The first-order chi connectivity index (χ1) is 18.5. The van der Waals surface area contributed by atoms with Crippen LogP contribution in [0.5, 0.6) is 11.5 Å². The van der Waals surface area contributed by atoms with Crippen LogP contribution in [0.1, 0.15) is 32.3 Å². The van der Waals surface area contributed by atoms with Crippen LogP contribution in [0.15, 0.2) is 66.7 Å². The van der Waals surface area contributed by atoms with Gasteiger partial charge in [-0.05, 0) is 54.7 Å². The molecule has 1 aliphatic heterocycles. The number of halogens is 1. The summed E-state index contributed by atoms with van der Waals surface area (Å²) in [7, 11) is 1.67. The van der Waals surface area contributed by atoms with Gasteiger partial charge in [0.25, 0.3) is 0 Å². The quantitative estimate of drug-likeness (QED) is 0.273. The molecular weight excluding hydrogens is 479 g/mol. The lowest BCUT2D eigenvalue weighted by Gasteiger charge is -2.32. The van der Waals surface area contributed by atoms with E-state index in [-0.39, 0.29) is 11.9 Å². The van der Waals surface area contributed by atoms with Gasteiger partial charge in [0.1, 0.15) is 5.82 Å². The highest BCUT2D eigenvalue weighted by atomic mass is 19.1. The summed E-state index contributed by atoms with van der Waals surface area (Å²) in [6.07, 6.45) is 1.94. The van der Waals surface area contributed by atoms with Crippen molar-refractivity contribution < 1.29 is 13.9 Å². The zero-order chi connectivity index (χ0) is 26.5. The Balaban J connectivity index is 1.25. The molecule has 0 bridgehead atoms. The van der Waals surface area contributed by atoms with E-state index in [0.717, 1.165) is 54.9 Å². The van der Waals surface area contributed by atoms with Gasteiger partial charge in [0.2, 0.25) is 5.95 Å². The Morgan fingerprint density at radius 1 is 0.974 bits per heavy atom. The van der Waals surface area contributed by atoms with Crippen molar-refractivity contribution in [3.05, 3.63) is 78.1 Å². The second kappa shape index (κ2) is 11.8. The first kappa shape index (κ1) is 25.9. The molecular formula is C31H35FN4O2. The highest BCUT2D eigenvalue weighted by Crippen LogP contribution is 2.31. The Kier molecular flexibility index (Phi) is 8.03. The van der Waals surface area contributed by atoms with Crippen LogP contribution >= 0.6 is 0 Å². The van der Waals surface area contributed by atoms with Crippen LogP contribution in [0.4, 0.5) is 10.3 Å². The number of hydrogen-bond donors (Lipinski definition) is 1. The van der Waals surface area contributed by atoms with E-state index >= 15 is 0 Å². The molecule has 1 fully saturated rings. The van der Waals surface area contributed by atoms with Crippen molar-refractivity contribution in [2.24, 2.45) is 5.92 Å². The van der Waals surface area contributed by atoms with Crippen molar-refractivity contribution in [1.82, 2.24) is 14.9 Å². The van der Waals surface area contributed by atoms with E-state index in [1.165, 1.54) is 11.6 Å². The monoisotopic (exact) mass is 514 g/mol. The summed E-state index contributed by atoms with van der Waals surface area (Å²) in [4.78, 5) is 12.0. The number of fused-ring (bicyclic) bond motifs is 1. The summed E-state index contributed by atoms with van der Waals surface area (Å²) < 4.78 is 26.1. The molecule has 2 heterocycles. The highest BCUT2D eigenvalue weighted by molar-refractivity contribution is 5.93. The summed E-state index contributed by atoms with van der Waals surface area (Å²) in [5, 5.41) is 4.37. The predicted molar refractivity (Wildman–Crippen MR) is 150 cm³/mol. The molecule has 0 atom stereocenters. The van der Waals surface area contributed by atoms with Crippen molar-refractivity contribution in [2.45, 2.75) is 39.3 Å². The molecule has 0 spiro atoms. The van der Waals surface area contributed by atoms with Crippen LogP contribution in [0.3, 0.4) is 0 Å². The average Bonchev–Trinajstić information content (AvgIpc) is 2.93. The second-order valence-corrected chi connectivity index (χ2v) is 10.3. The molecule has 198 valence electrons. The summed E-state index contributed by atoms with van der Waals surface area (Å²) in [5.74, 6) is 2.27. The Morgan fingerprint density at radius 2 is 1.74 bits per heavy atom. The van der Waals surface area contributed by atoms with E-state index in [0.29, 0.717) is 29.7 Å². The summed E-state index contributed by atoms with van der Waals surface area (Å²) in [5.41, 5.74) is 3.11. The normalized spacial score (nSPS) is 14.7. The van der Waals surface area contributed by atoms with Crippen molar-refractivity contribution in [2.75, 3.05) is 32.1 Å². The van der Waals surface area contributed by atoms with Gasteiger partial charge in [-0.15, -0.1) is 0 Å². The van der Waals surface area contributed by atoms with E-state index < -0.39 is 0 Å². The summed E-state index contributed by atoms with van der Waals surface area (Å²) >= 11 is 0. The zero-order valence-corrected chi connectivity index (χ0v) is 22.3. The third kappa shape index (κ3) is 6.05. The fourth-order valence-corrected chi connectivity index (χ4v) is 4.86. The third-order valence-corrected chi connectivity index (χ3v) is 6.86. The van der Waals surface area contributed by atoms with Crippen molar-refractivity contribution in [3.63, 3.8) is 0 Å². The number of rotatable bonds is 9. The van der Waals surface area contributed by atoms with Crippen LogP contribution in [0.25, 0.3) is 22.2 Å². The van der Waals surface area contributed by atoms with Gasteiger partial charge in [0, 0.05) is 36.6 Å². The van der Waals surface area contributed by atoms with Crippen LogP contribution in [0.2, 0.25) is 0 Å². The SMILES string of the molecule is COc1ccc(CN2CCC(Nc3nc(-c4ccccc4F)c4ccccc4n3)CC2)cc1OCC(C)C. The molecule has 0 unspecified atom stereocenters. The van der Waals surface area contributed by atoms with E-state index in [1.807, 2.05) is 36.4 Å². The Morgan fingerprint density at radius 3 is 2.50 bits per heavy atom. The minimum Gasteiger partial charge on any atom is -0.493 e. The van der Waals surface area contributed by atoms with Gasteiger partial charge < -0.3 is 14.8 Å². The minimum atomic E-state index is -0.285. The molecule has 1 saturated heterocycles. The summed E-state index contributed by atoms with van der Waals surface area (Å²) in [6.45, 7) is 7.71. The Bertz CT molecular complexity index is 1390. The number of nitrogens with zero attached hydrogens (tertiary/aromatic N) is 3. The minimum absolute atomic E-state index is 0.252. The first-order valence-corrected chi connectivity index (χ1v) is 13.3. The van der Waals surface area contributed by atoms with E-state index in [9.17, 15) is 4.39 Å². The third-order valence-electron chi connectivity index (χ3n) is 6.86. The maximum atomic E-state index is 14.7. The van der Waals surface area contributed by atoms with Gasteiger partial charge in [0.15, 0.2) is 11.5 Å². The maximum Gasteiger partial charge on any atom is 0.224 e. The average molecular weight is 515 g/mol. The van der Waals surface area contributed by atoms with Gasteiger partial charge in [-0.1, -0.05) is 50.2 Å². The predicted octanol–water partition coefficient (Wildman–Crippen LogP) is 6.56. The molecule has 6 nitrogen and oxygen atoms in total. The van der Waals surface area contributed by atoms with Gasteiger partial charge in [-0.25, -0.2) is 14.4 Å². The molecule has 0 aliphatic carbocycles. The zero-order valence-electron chi connectivity index (χ0n) is 22.3. The Hall–Kier alpha value is -3.71. The molecule has 1 aliphatic rings.